The fourth-order valence-electron chi connectivity index (χ4n) is 3.68. The lowest BCUT2D eigenvalue weighted by molar-refractivity contribution is -0.141. The summed E-state index contributed by atoms with van der Waals surface area (Å²) >= 11 is 1.52. The highest BCUT2D eigenvalue weighted by atomic mass is 32.2. The molecule has 0 bridgehead atoms. The van der Waals surface area contributed by atoms with Crippen molar-refractivity contribution in [2.75, 3.05) is 12.9 Å². The Bertz CT molecular complexity index is 1110. The van der Waals surface area contributed by atoms with Gasteiger partial charge in [-0.3, -0.25) is 9.69 Å². The number of methoxy groups -OCH3 is 1. The number of para-hydroxylation sites is 1. The molecule has 1 saturated heterocycles. The maximum Gasteiger partial charge on any atom is 0.338 e. The van der Waals surface area contributed by atoms with E-state index in [4.69, 9.17) is 9.47 Å². The summed E-state index contributed by atoms with van der Waals surface area (Å²) in [4.78, 5) is 32.1. The van der Waals surface area contributed by atoms with E-state index in [-0.39, 0.29) is 12.5 Å². The summed E-state index contributed by atoms with van der Waals surface area (Å²) in [6, 6.07) is 16.5. The molecular formula is C25H24N2O4S. The molecule has 2 aromatic rings. The Hall–Kier alpha value is -3.32. The van der Waals surface area contributed by atoms with E-state index in [0.717, 1.165) is 11.1 Å². The van der Waals surface area contributed by atoms with Crippen LogP contribution in [0, 0.1) is 0 Å². The Balaban J connectivity index is 1.67. The van der Waals surface area contributed by atoms with Gasteiger partial charge in [0.15, 0.2) is 5.17 Å². The van der Waals surface area contributed by atoms with E-state index in [1.807, 2.05) is 66.7 Å². The molecule has 1 atom stereocenters. The predicted octanol–water partition coefficient (Wildman–Crippen LogP) is 4.43. The number of ether oxygens (including phenoxy) is 2. The first-order valence-corrected chi connectivity index (χ1v) is 11.3. The van der Waals surface area contributed by atoms with Gasteiger partial charge in [0.25, 0.3) is 0 Å². The number of thioether (sulfide) groups is 1. The third kappa shape index (κ3) is 4.62. The minimum atomic E-state index is -0.601. The molecular weight excluding hydrogens is 424 g/mol. The topological polar surface area (TPSA) is 68.2 Å². The minimum Gasteiger partial charge on any atom is -0.496 e. The first-order chi connectivity index (χ1) is 15.6. The van der Waals surface area contributed by atoms with Crippen molar-refractivity contribution in [2.45, 2.75) is 26.0 Å². The number of allylic oxidation sites excluding steroid dienone is 1. The maximum absolute atomic E-state index is 13.2. The van der Waals surface area contributed by atoms with Gasteiger partial charge in [0, 0.05) is 17.7 Å². The molecule has 0 N–H and O–H groups in total. The lowest BCUT2D eigenvalue weighted by atomic mass is 10.00. The summed E-state index contributed by atoms with van der Waals surface area (Å²) in [6.45, 7) is 1.94. The van der Waals surface area contributed by atoms with Crippen molar-refractivity contribution in [2.24, 2.45) is 4.99 Å². The van der Waals surface area contributed by atoms with Gasteiger partial charge in [-0.25, -0.2) is 9.79 Å². The number of esters is 1. The van der Waals surface area contributed by atoms with Gasteiger partial charge in [-0.15, -0.1) is 0 Å². The fraction of sp³-hybridized carbons (Fsp3) is 0.240. The van der Waals surface area contributed by atoms with Gasteiger partial charge < -0.3 is 9.47 Å². The van der Waals surface area contributed by atoms with E-state index in [1.165, 1.54) is 11.8 Å². The Morgan fingerprint density at radius 2 is 1.94 bits per heavy atom. The van der Waals surface area contributed by atoms with Gasteiger partial charge in [0.2, 0.25) is 5.91 Å². The van der Waals surface area contributed by atoms with E-state index in [9.17, 15) is 9.59 Å². The van der Waals surface area contributed by atoms with Gasteiger partial charge in [-0.2, -0.15) is 0 Å². The van der Waals surface area contributed by atoms with Crippen molar-refractivity contribution in [3.63, 3.8) is 0 Å². The number of amidine groups is 1. The van der Waals surface area contributed by atoms with Crippen molar-refractivity contribution in [1.82, 2.24) is 4.90 Å². The number of amides is 1. The molecule has 0 aliphatic carbocycles. The number of carbonyl (C=O) groups is 2. The molecule has 4 rings (SSSR count). The van der Waals surface area contributed by atoms with Gasteiger partial charge in [-0.1, -0.05) is 72.4 Å². The number of nitrogens with zero attached hydrogens (tertiary/aromatic N) is 2. The average molecular weight is 449 g/mol. The van der Waals surface area contributed by atoms with E-state index in [0.29, 0.717) is 34.4 Å². The summed E-state index contributed by atoms with van der Waals surface area (Å²) in [5.74, 6) is 0.852. The largest absolute Gasteiger partial charge is 0.496 e. The summed E-state index contributed by atoms with van der Waals surface area (Å²) < 4.78 is 11.0. The number of aliphatic imine (C=N–C) groups is 1. The van der Waals surface area contributed by atoms with E-state index in [2.05, 4.69) is 4.99 Å². The van der Waals surface area contributed by atoms with Crippen LogP contribution in [0.3, 0.4) is 0 Å². The Labute approximate surface area is 191 Å². The highest BCUT2D eigenvalue weighted by molar-refractivity contribution is 8.14. The molecule has 7 heteroatoms. The molecule has 0 spiro atoms. The van der Waals surface area contributed by atoms with E-state index < -0.39 is 12.0 Å². The molecule has 0 saturated carbocycles. The normalized spacial score (nSPS) is 18.4. The van der Waals surface area contributed by atoms with E-state index in [1.54, 1.807) is 18.9 Å². The predicted molar refractivity (Wildman–Crippen MR) is 126 cm³/mol. The Morgan fingerprint density at radius 3 is 2.72 bits per heavy atom. The molecule has 6 nitrogen and oxygen atoms in total. The number of benzene rings is 2. The first kappa shape index (κ1) is 21.9. The van der Waals surface area contributed by atoms with Gasteiger partial charge in [-0.05, 0) is 18.6 Å². The molecule has 0 aromatic heterocycles. The molecule has 2 heterocycles. The van der Waals surface area contributed by atoms with Crippen molar-refractivity contribution < 1.29 is 19.1 Å². The second-order valence-electron chi connectivity index (χ2n) is 7.36. The van der Waals surface area contributed by atoms with Crippen LogP contribution in [-0.4, -0.2) is 40.8 Å². The summed E-state index contributed by atoms with van der Waals surface area (Å²) in [5.41, 5.74) is 2.67. The van der Waals surface area contributed by atoms with E-state index >= 15 is 0 Å². The van der Waals surface area contributed by atoms with Crippen LogP contribution in [-0.2, 0) is 20.9 Å². The van der Waals surface area contributed by atoms with Crippen LogP contribution in [0.25, 0.3) is 6.08 Å². The van der Waals surface area contributed by atoms with Gasteiger partial charge in [0.05, 0.1) is 24.4 Å². The van der Waals surface area contributed by atoms with Crippen molar-refractivity contribution >= 4 is 34.9 Å². The van der Waals surface area contributed by atoms with Crippen LogP contribution in [0.2, 0.25) is 0 Å². The summed E-state index contributed by atoms with van der Waals surface area (Å²) in [6.07, 6.45) is 4.11. The lowest BCUT2D eigenvalue weighted by Crippen LogP contribution is -2.49. The Morgan fingerprint density at radius 1 is 1.19 bits per heavy atom. The van der Waals surface area contributed by atoms with Crippen molar-refractivity contribution in [3.8, 4) is 5.75 Å². The summed E-state index contributed by atoms with van der Waals surface area (Å²) in [5, 5.41) is 0.619. The molecule has 32 heavy (non-hydrogen) atoms. The lowest BCUT2D eigenvalue weighted by Gasteiger charge is -2.37. The average Bonchev–Trinajstić information content (AvgIpc) is 2.81. The van der Waals surface area contributed by atoms with Gasteiger partial charge >= 0.3 is 5.97 Å². The molecule has 0 radical (unpaired) electrons. The van der Waals surface area contributed by atoms with Crippen LogP contribution in [0.5, 0.6) is 5.75 Å². The van der Waals surface area contributed by atoms with Gasteiger partial charge in [0.1, 0.15) is 12.4 Å². The van der Waals surface area contributed by atoms with Crippen LogP contribution in [0.1, 0.15) is 24.5 Å². The number of carbonyl (C=O) groups excluding carboxylic acids is 2. The van der Waals surface area contributed by atoms with Crippen LogP contribution >= 0.6 is 11.8 Å². The zero-order valence-corrected chi connectivity index (χ0v) is 18.8. The molecule has 164 valence electrons. The third-order valence-corrected chi connectivity index (χ3v) is 6.23. The zero-order chi connectivity index (χ0) is 22.5. The highest BCUT2D eigenvalue weighted by Gasteiger charge is 2.39. The molecule has 1 fully saturated rings. The molecule has 1 amide bonds. The number of hydrogen-bond acceptors (Lipinski definition) is 6. The quantitative estimate of drug-likeness (QED) is 0.612. The molecule has 2 aliphatic rings. The minimum absolute atomic E-state index is 0.0574. The van der Waals surface area contributed by atoms with Crippen molar-refractivity contribution in [3.05, 3.63) is 83.1 Å². The Kier molecular flexibility index (Phi) is 6.75. The van der Waals surface area contributed by atoms with Crippen LogP contribution < -0.4 is 4.74 Å². The first-order valence-electron chi connectivity index (χ1n) is 10.3. The zero-order valence-electron chi connectivity index (χ0n) is 18.0. The number of hydrogen-bond donors (Lipinski definition) is 0. The molecule has 2 aromatic carbocycles. The monoisotopic (exact) mass is 448 g/mol. The van der Waals surface area contributed by atoms with Crippen molar-refractivity contribution in [1.29, 1.82) is 0 Å². The molecule has 2 aliphatic heterocycles. The second-order valence-corrected chi connectivity index (χ2v) is 8.43. The number of fused-ring (bicyclic) bond motifs is 1. The van der Waals surface area contributed by atoms with Crippen LogP contribution in [0.4, 0.5) is 0 Å². The molecule has 1 unspecified atom stereocenters. The second kappa shape index (κ2) is 9.87. The van der Waals surface area contributed by atoms with Crippen LogP contribution in [0.15, 0.2) is 76.9 Å². The standard InChI is InChI=1S/C25H24N2O4S/c1-17-23(24(29)31-16-18-8-4-3-5-9-18)20(27-22(28)14-15-32-25(27)26-17)13-12-19-10-6-7-11-21(19)30-2/h3-13,20H,14-16H2,1-2H3/b13-12+. The fourth-order valence-corrected chi connectivity index (χ4v) is 4.70. The SMILES string of the molecule is COc1ccccc1/C=C/C1C(C(=O)OCc2ccccc2)=C(C)N=C2SCCC(=O)N21. The number of rotatable bonds is 6. The highest BCUT2D eigenvalue weighted by Crippen LogP contribution is 2.33. The third-order valence-electron chi connectivity index (χ3n) is 5.28. The smallest absolute Gasteiger partial charge is 0.338 e. The summed E-state index contributed by atoms with van der Waals surface area (Å²) in [7, 11) is 1.61. The maximum atomic E-state index is 13.2.